The molecule has 3 rings (SSSR count). The molecule has 2 aromatic rings. The molecule has 5 nitrogen and oxygen atoms in total. The molecule has 152 valence electrons. The molecule has 1 saturated heterocycles. The van der Waals surface area contributed by atoms with Gasteiger partial charge >= 0.3 is 0 Å². The zero-order valence-electron chi connectivity index (χ0n) is 17.0. The molecule has 2 amide bonds. The molecule has 1 fully saturated rings. The first-order chi connectivity index (χ1) is 14.2. The number of amides is 2. The van der Waals surface area contributed by atoms with Gasteiger partial charge in [-0.1, -0.05) is 43.7 Å². The van der Waals surface area contributed by atoms with Crippen molar-refractivity contribution < 1.29 is 9.59 Å². The summed E-state index contributed by atoms with van der Waals surface area (Å²) < 4.78 is 0. The number of hydrogen-bond acceptors (Lipinski definition) is 3. The fraction of sp³-hybridized carbons (Fsp3) is 0.333. The maximum Gasteiger partial charge on any atom is 0.248 e. The van der Waals surface area contributed by atoms with E-state index in [-0.39, 0.29) is 11.8 Å². The Morgan fingerprint density at radius 2 is 1.66 bits per heavy atom. The molecular formula is C24H29N3O2. The van der Waals surface area contributed by atoms with Crippen LogP contribution in [0.3, 0.4) is 0 Å². The highest BCUT2D eigenvalue weighted by Gasteiger charge is 2.20. The third-order valence-electron chi connectivity index (χ3n) is 5.10. The molecule has 0 bridgehead atoms. The molecule has 0 radical (unpaired) electrons. The van der Waals surface area contributed by atoms with Crippen LogP contribution in [0.2, 0.25) is 0 Å². The minimum Gasteiger partial charge on any atom is -0.368 e. The van der Waals surface area contributed by atoms with E-state index in [0.717, 1.165) is 56.0 Å². The summed E-state index contributed by atoms with van der Waals surface area (Å²) in [4.78, 5) is 28.5. The topological polar surface area (TPSA) is 52.7 Å². The Morgan fingerprint density at radius 1 is 0.966 bits per heavy atom. The van der Waals surface area contributed by atoms with Gasteiger partial charge in [0, 0.05) is 50.1 Å². The molecule has 1 heterocycles. The smallest absolute Gasteiger partial charge is 0.248 e. The van der Waals surface area contributed by atoms with Crippen molar-refractivity contribution in [3.05, 3.63) is 66.2 Å². The van der Waals surface area contributed by atoms with E-state index >= 15 is 0 Å². The zero-order chi connectivity index (χ0) is 20.5. The quantitative estimate of drug-likeness (QED) is 0.721. The second-order valence-corrected chi connectivity index (χ2v) is 7.25. The van der Waals surface area contributed by atoms with E-state index in [1.165, 1.54) is 6.08 Å². The highest BCUT2D eigenvalue weighted by Crippen LogP contribution is 2.20. The van der Waals surface area contributed by atoms with Crippen LogP contribution in [0.15, 0.2) is 60.7 Å². The molecular weight excluding hydrogens is 362 g/mol. The molecule has 0 atom stereocenters. The van der Waals surface area contributed by atoms with Crippen LogP contribution < -0.4 is 10.2 Å². The SMILES string of the molecule is CCCCC(=O)N1CCN(c2ccc(NC(=O)/C=C/c3ccccc3)cc2)CC1. The maximum atomic E-state index is 12.2. The van der Waals surface area contributed by atoms with Crippen LogP contribution in [0.5, 0.6) is 0 Å². The van der Waals surface area contributed by atoms with Gasteiger partial charge in [0.1, 0.15) is 0 Å². The number of hydrogen-bond donors (Lipinski definition) is 1. The van der Waals surface area contributed by atoms with E-state index in [1.807, 2.05) is 59.5 Å². The van der Waals surface area contributed by atoms with Crippen LogP contribution >= 0.6 is 0 Å². The summed E-state index contributed by atoms with van der Waals surface area (Å²) in [5.74, 6) is 0.119. The number of benzene rings is 2. The lowest BCUT2D eigenvalue weighted by Crippen LogP contribution is -2.48. The van der Waals surface area contributed by atoms with Crippen molar-refractivity contribution in [2.24, 2.45) is 0 Å². The normalized spacial score (nSPS) is 14.2. The number of rotatable bonds is 7. The molecule has 1 aliphatic rings. The molecule has 0 aromatic heterocycles. The molecule has 0 saturated carbocycles. The molecule has 0 aliphatic carbocycles. The number of piperazine rings is 1. The summed E-state index contributed by atoms with van der Waals surface area (Å²) in [6.45, 7) is 5.32. The first-order valence-electron chi connectivity index (χ1n) is 10.3. The Labute approximate surface area is 173 Å². The van der Waals surface area contributed by atoms with Crippen molar-refractivity contribution in [2.45, 2.75) is 26.2 Å². The predicted molar refractivity (Wildman–Crippen MR) is 119 cm³/mol. The van der Waals surface area contributed by atoms with Gasteiger partial charge < -0.3 is 15.1 Å². The van der Waals surface area contributed by atoms with E-state index in [4.69, 9.17) is 0 Å². The van der Waals surface area contributed by atoms with E-state index in [0.29, 0.717) is 6.42 Å². The summed E-state index contributed by atoms with van der Waals surface area (Å²) >= 11 is 0. The third kappa shape index (κ3) is 6.21. The monoisotopic (exact) mass is 391 g/mol. The number of carbonyl (C=O) groups excluding carboxylic acids is 2. The number of unbranched alkanes of at least 4 members (excludes halogenated alkanes) is 1. The first-order valence-corrected chi connectivity index (χ1v) is 10.3. The fourth-order valence-electron chi connectivity index (χ4n) is 3.38. The average Bonchev–Trinajstić information content (AvgIpc) is 2.77. The summed E-state index contributed by atoms with van der Waals surface area (Å²) in [5.41, 5.74) is 2.87. The van der Waals surface area contributed by atoms with Gasteiger partial charge in [-0.05, 0) is 42.3 Å². The minimum atomic E-state index is -0.152. The Morgan fingerprint density at radius 3 is 2.31 bits per heavy atom. The number of nitrogens with zero attached hydrogens (tertiary/aromatic N) is 2. The second-order valence-electron chi connectivity index (χ2n) is 7.25. The molecule has 2 aromatic carbocycles. The molecule has 5 heteroatoms. The fourth-order valence-corrected chi connectivity index (χ4v) is 3.38. The lowest BCUT2D eigenvalue weighted by molar-refractivity contribution is -0.131. The summed E-state index contributed by atoms with van der Waals surface area (Å²) in [5, 5.41) is 2.89. The molecule has 0 spiro atoms. The van der Waals surface area contributed by atoms with Crippen LogP contribution in [0.1, 0.15) is 31.7 Å². The Balaban J connectivity index is 1.48. The molecule has 0 unspecified atom stereocenters. The van der Waals surface area contributed by atoms with Gasteiger partial charge in [0.2, 0.25) is 11.8 Å². The summed E-state index contributed by atoms with van der Waals surface area (Å²) in [7, 11) is 0. The van der Waals surface area contributed by atoms with Gasteiger partial charge in [-0.25, -0.2) is 0 Å². The van der Waals surface area contributed by atoms with Crippen molar-refractivity contribution in [2.75, 3.05) is 36.4 Å². The van der Waals surface area contributed by atoms with E-state index < -0.39 is 0 Å². The van der Waals surface area contributed by atoms with Gasteiger partial charge in [-0.15, -0.1) is 0 Å². The van der Waals surface area contributed by atoms with Gasteiger partial charge in [0.25, 0.3) is 0 Å². The highest BCUT2D eigenvalue weighted by molar-refractivity contribution is 6.02. The van der Waals surface area contributed by atoms with Gasteiger partial charge in [-0.2, -0.15) is 0 Å². The number of carbonyl (C=O) groups is 2. The minimum absolute atomic E-state index is 0.152. The van der Waals surface area contributed by atoms with Crippen LogP contribution in [0.25, 0.3) is 6.08 Å². The second kappa shape index (κ2) is 10.5. The standard InChI is InChI=1S/C24H29N3O2/c1-2-3-9-24(29)27-18-16-26(17-19-27)22-13-11-21(12-14-22)25-23(28)15-10-20-7-5-4-6-8-20/h4-8,10-15H,2-3,9,16-19H2,1H3,(H,25,28)/b15-10+. The van der Waals surface area contributed by atoms with Crippen LogP contribution in [0, 0.1) is 0 Å². The van der Waals surface area contributed by atoms with Crippen molar-refractivity contribution in [3.8, 4) is 0 Å². The zero-order valence-corrected chi connectivity index (χ0v) is 17.0. The summed E-state index contributed by atoms with van der Waals surface area (Å²) in [6.07, 6.45) is 6.01. The molecule has 1 aliphatic heterocycles. The van der Waals surface area contributed by atoms with Crippen LogP contribution in [0.4, 0.5) is 11.4 Å². The lowest BCUT2D eigenvalue weighted by Gasteiger charge is -2.36. The Kier molecular flexibility index (Phi) is 7.45. The van der Waals surface area contributed by atoms with Gasteiger partial charge in [0.05, 0.1) is 0 Å². The highest BCUT2D eigenvalue weighted by atomic mass is 16.2. The first kappa shape index (κ1) is 20.6. The molecule has 1 N–H and O–H groups in total. The largest absolute Gasteiger partial charge is 0.368 e. The lowest BCUT2D eigenvalue weighted by atomic mass is 10.2. The van der Waals surface area contributed by atoms with E-state index in [1.54, 1.807) is 6.08 Å². The maximum absolute atomic E-state index is 12.2. The summed E-state index contributed by atoms with van der Waals surface area (Å²) in [6, 6.07) is 17.6. The van der Waals surface area contributed by atoms with Crippen LogP contribution in [-0.2, 0) is 9.59 Å². The van der Waals surface area contributed by atoms with Crippen molar-refractivity contribution in [1.82, 2.24) is 4.90 Å². The Hall–Kier alpha value is -3.08. The number of nitrogens with one attached hydrogen (secondary N) is 1. The van der Waals surface area contributed by atoms with E-state index in [9.17, 15) is 9.59 Å². The van der Waals surface area contributed by atoms with Gasteiger partial charge in [0.15, 0.2) is 0 Å². The number of anilines is 2. The van der Waals surface area contributed by atoms with E-state index in [2.05, 4.69) is 17.1 Å². The third-order valence-corrected chi connectivity index (χ3v) is 5.10. The van der Waals surface area contributed by atoms with Gasteiger partial charge in [-0.3, -0.25) is 9.59 Å². The van der Waals surface area contributed by atoms with Crippen molar-refractivity contribution in [3.63, 3.8) is 0 Å². The predicted octanol–water partition coefficient (Wildman–Crippen LogP) is 4.18. The average molecular weight is 392 g/mol. The Bertz CT molecular complexity index is 823. The van der Waals surface area contributed by atoms with Crippen LogP contribution in [-0.4, -0.2) is 42.9 Å². The van der Waals surface area contributed by atoms with Crippen molar-refractivity contribution >= 4 is 29.3 Å². The van der Waals surface area contributed by atoms with Crippen molar-refractivity contribution in [1.29, 1.82) is 0 Å². The molecule has 29 heavy (non-hydrogen) atoms.